The van der Waals surface area contributed by atoms with Gasteiger partial charge in [-0.3, -0.25) is 9.05 Å². The van der Waals surface area contributed by atoms with Crippen LogP contribution in [-0.4, -0.2) is 37.4 Å². The fourth-order valence-electron chi connectivity index (χ4n) is 3.32. The zero-order valence-electron chi connectivity index (χ0n) is 14.9. The van der Waals surface area contributed by atoms with Crippen molar-refractivity contribution in [3.63, 3.8) is 0 Å². The summed E-state index contributed by atoms with van der Waals surface area (Å²) in [7, 11) is -2.71. The van der Waals surface area contributed by atoms with Crippen LogP contribution in [0.4, 0.5) is 4.79 Å². The van der Waals surface area contributed by atoms with Gasteiger partial charge in [-0.1, -0.05) is 25.0 Å². The van der Waals surface area contributed by atoms with E-state index in [-0.39, 0.29) is 18.8 Å². The molecule has 0 spiro atoms. The van der Waals surface area contributed by atoms with E-state index in [1.165, 1.54) is 0 Å². The largest absolute Gasteiger partial charge is 0.471 e. The van der Waals surface area contributed by atoms with E-state index in [4.69, 9.17) is 14.2 Å². The minimum Gasteiger partial charge on any atom is -0.446 e. The Morgan fingerprint density at radius 2 is 1.80 bits per heavy atom. The first-order valence-electron chi connectivity index (χ1n) is 9.16. The highest BCUT2D eigenvalue weighted by molar-refractivity contribution is 7.47. The van der Waals surface area contributed by atoms with Gasteiger partial charge < -0.3 is 14.9 Å². The number of ether oxygens (including phenoxy) is 1. The topological polar surface area (TPSA) is 94.1 Å². The molecule has 25 heavy (non-hydrogen) atoms. The fraction of sp³-hybridized carbons (Fsp3) is 0.824. The minimum atomic E-state index is -3.85. The van der Waals surface area contributed by atoms with Gasteiger partial charge in [-0.2, -0.15) is 0 Å². The Morgan fingerprint density at radius 1 is 1.16 bits per heavy atom. The molecule has 0 aromatic carbocycles. The molecule has 4 atom stereocenters. The van der Waals surface area contributed by atoms with E-state index in [9.17, 15) is 9.36 Å². The molecule has 2 rings (SSSR count). The maximum Gasteiger partial charge on any atom is 0.471 e. The lowest BCUT2D eigenvalue weighted by atomic mass is 10.1. The quantitative estimate of drug-likeness (QED) is 0.343. The molecule has 1 saturated carbocycles. The number of phosphoric acid groups is 1. The van der Waals surface area contributed by atoms with Crippen LogP contribution in [0.1, 0.15) is 51.4 Å². The number of phosphoric ester groups is 1. The Balaban J connectivity index is 1.45. The first kappa shape index (κ1) is 20.4. The summed E-state index contributed by atoms with van der Waals surface area (Å²) in [6.45, 7) is 0.774. The van der Waals surface area contributed by atoms with Crippen LogP contribution in [0.15, 0.2) is 12.2 Å². The second-order valence-corrected chi connectivity index (χ2v) is 8.21. The third-order valence-corrected chi connectivity index (χ3v) is 5.79. The molecule has 0 aromatic heterocycles. The molecular weight excluding hydrogens is 345 g/mol. The van der Waals surface area contributed by atoms with Crippen molar-refractivity contribution in [1.82, 2.24) is 5.32 Å². The number of carbonyl (C=O) groups is 1. The average molecular weight is 375 g/mol. The minimum absolute atomic E-state index is 0.104. The van der Waals surface area contributed by atoms with Crippen LogP contribution < -0.4 is 5.32 Å². The second-order valence-electron chi connectivity index (χ2n) is 6.65. The number of fused-ring (bicyclic) bond motifs is 1. The number of alkyl carbamates (subject to hydrolysis) is 1. The van der Waals surface area contributed by atoms with Crippen LogP contribution in [0.2, 0.25) is 0 Å². The molecule has 0 heterocycles. The molecular formula is C17H30NO6P. The summed E-state index contributed by atoms with van der Waals surface area (Å²) in [6.07, 6.45) is 11.9. The lowest BCUT2D eigenvalue weighted by molar-refractivity contribution is 0.128. The van der Waals surface area contributed by atoms with Gasteiger partial charge in [0.05, 0.1) is 6.61 Å². The van der Waals surface area contributed by atoms with Gasteiger partial charge in [0.25, 0.3) is 0 Å². The highest BCUT2D eigenvalue weighted by atomic mass is 31.2. The zero-order chi connectivity index (χ0) is 18.1. The molecule has 2 aliphatic rings. The second kappa shape index (κ2) is 10.3. The van der Waals surface area contributed by atoms with Crippen LogP contribution in [0.3, 0.4) is 0 Å². The third kappa shape index (κ3) is 7.48. The molecule has 0 bridgehead atoms. The van der Waals surface area contributed by atoms with Crippen LogP contribution in [-0.2, 0) is 18.3 Å². The van der Waals surface area contributed by atoms with Crippen molar-refractivity contribution in [3.8, 4) is 0 Å². The number of amides is 1. The van der Waals surface area contributed by atoms with Crippen molar-refractivity contribution in [2.45, 2.75) is 57.5 Å². The predicted octanol–water partition coefficient (Wildman–Crippen LogP) is 3.78. The van der Waals surface area contributed by atoms with Gasteiger partial charge >= 0.3 is 13.9 Å². The fourth-order valence-corrected chi connectivity index (χ4v) is 3.79. The van der Waals surface area contributed by atoms with Crippen LogP contribution in [0.5, 0.6) is 0 Å². The lowest BCUT2D eigenvalue weighted by Gasteiger charge is -2.09. The summed E-state index contributed by atoms with van der Waals surface area (Å²) in [5.74, 6) is 1.09. The molecule has 0 radical (unpaired) electrons. The molecule has 144 valence electrons. The van der Waals surface area contributed by atoms with E-state index < -0.39 is 7.82 Å². The standard InChI is InChI=1S/C17H30NO6P/c1-22-25(20,21)23-13-9-5-4-8-12-18-17(19)24-16-14-10-6-2-3-7-11-15(14)16/h2-3,14-16H,4-13H2,1H3,(H,18,19)(H,20,21)/t14-,15+,16?. The van der Waals surface area contributed by atoms with E-state index in [1.54, 1.807) is 0 Å². The van der Waals surface area contributed by atoms with Gasteiger partial charge in [0.1, 0.15) is 6.10 Å². The average Bonchev–Trinajstić information content (AvgIpc) is 3.18. The first-order chi connectivity index (χ1) is 12.0. The summed E-state index contributed by atoms with van der Waals surface area (Å²) in [5.41, 5.74) is 0. The van der Waals surface area contributed by atoms with E-state index in [0.717, 1.165) is 52.1 Å². The van der Waals surface area contributed by atoms with Crippen molar-refractivity contribution in [3.05, 3.63) is 12.2 Å². The van der Waals surface area contributed by atoms with Crippen LogP contribution >= 0.6 is 7.82 Å². The van der Waals surface area contributed by atoms with E-state index >= 15 is 0 Å². The predicted molar refractivity (Wildman–Crippen MR) is 94.1 cm³/mol. The molecule has 0 aromatic rings. The van der Waals surface area contributed by atoms with Crippen molar-refractivity contribution in [1.29, 1.82) is 0 Å². The van der Waals surface area contributed by atoms with Gasteiger partial charge in [0.2, 0.25) is 0 Å². The van der Waals surface area contributed by atoms with Crippen molar-refractivity contribution in [2.24, 2.45) is 11.8 Å². The molecule has 0 aliphatic heterocycles. The summed E-state index contributed by atoms with van der Waals surface area (Å²) >= 11 is 0. The van der Waals surface area contributed by atoms with E-state index in [0.29, 0.717) is 24.8 Å². The molecule has 0 saturated heterocycles. The molecule has 8 heteroatoms. The van der Waals surface area contributed by atoms with E-state index in [1.807, 2.05) is 0 Å². The SMILES string of the molecule is COP(=O)(O)OCCCCCCNC(=O)OC1[C@H]2CCC=CCC[C@@H]12. The number of carbonyl (C=O) groups excluding carboxylic acids is 1. The Kier molecular flexibility index (Phi) is 8.43. The highest BCUT2D eigenvalue weighted by Gasteiger charge is 2.51. The number of rotatable bonds is 10. The van der Waals surface area contributed by atoms with Crippen molar-refractivity contribution in [2.75, 3.05) is 20.3 Å². The highest BCUT2D eigenvalue weighted by Crippen LogP contribution is 2.49. The van der Waals surface area contributed by atoms with Crippen LogP contribution in [0, 0.1) is 11.8 Å². The summed E-state index contributed by atoms with van der Waals surface area (Å²) < 4.78 is 25.7. The van der Waals surface area contributed by atoms with Gasteiger partial charge in [-0.05, 0) is 38.5 Å². The number of hydrogen-bond donors (Lipinski definition) is 2. The lowest BCUT2D eigenvalue weighted by Crippen LogP contribution is -2.26. The Morgan fingerprint density at radius 3 is 2.44 bits per heavy atom. The van der Waals surface area contributed by atoms with Gasteiger partial charge in [-0.25, -0.2) is 9.36 Å². The molecule has 2 aliphatic carbocycles. The number of allylic oxidation sites excluding steroid dienone is 2. The third-order valence-electron chi connectivity index (χ3n) is 4.82. The van der Waals surface area contributed by atoms with Crippen LogP contribution in [0.25, 0.3) is 0 Å². The summed E-state index contributed by atoms with van der Waals surface area (Å²) in [4.78, 5) is 20.9. The number of nitrogens with one attached hydrogen (secondary N) is 1. The number of unbranched alkanes of at least 4 members (excludes halogenated alkanes) is 3. The molecule has 2 unspecified atom stereocenters. The zero-order valence-corrected chi connectivity index (χ0v) is 15.8. The van der Waals surface area contributed by atoms with Gasteiger partial charge in [0, 0.05) is 25.5 Å². The monoisotopic (exact) mass is 375 g/mol. The molecule has 1 fully saturated rings. The molecule has 7 nitrogen and oxygen atoms in total. The summed E-state index contributed by atoms with van der Waals surface area (Å²) in [5, 5.41) is 2.81. The Labute approximate surface area is 149 Å². The first-order valence-corrected chi connectivity index (χ1v) is 10.7. The number of hydrogen-bond acceptors (Lipinski definition) is 5. The smallest absolute Gasteiger partial charge is 0.446 e. The Hall–Kier alpha value is -0.880. The van der Waals surface area contributed by atoms with Gasteiger partial charge in [-0.15, -0.1) is 0 Å². The normalized spacial score (nSPS) is 27.5. The summed E-state index contributed by atoms with van der Waals surface area (Å²) in [6, 6.07) is 0. The van der Waals surface area contributed by atoms with Crippen molar-refractivity contribution < 1.29 is 28.0 Å². The maximum atomic E-state index is 11.8. The van der Waals surface area contributed by atoms with Gasteiger partial charge in [0.15, 0.2) is 0 Å². The molecule has 2 N–H and O–H groups in total. The maximum absolute atomic E-state index is 11.8. The van der Waals surface area contributed by atoms with Crippen molar-refractivity contribution >= 4 is 13.9 Å². The van der Waals surface area contributed by atoms with E-state index in [2.05, 4.69) is 22.0 Å². The Bertz CT molecular complexity index is 482. The molecule has 1 amide bonds.